The Morgan fingerprint density at radius 1 is 1.00 bits per heavy atom. The number of guanidine groups is 1. The van der Waals surface area contributed by atoms with Gasteiger partial charge in [-0.05, 0) is 59.2 Å². The Hall–Kier alpha value is -2.60. The Balaban J connectivity index is 1.37. The maximum atomic E-state index is 12.7. The van der Waals surface area contributed by atoms with Crippen molar-refractivity contribution < 1.29 is 28.6 Å². The van der Waals surface area contributed by atoms with E-state index < -0.39 is 5.41 Å². The first kappa shape index (κ1) is 29.0. The molecular formula is C25H44N6O6. The number of cyclic esters (lactones) is 1. The summed E-state index contributed by atoms with van der Waals surface area (Å²) in [5, 5.41) is 7.52. The van der Waals surface area contributed by atoms with E-state index in [1.807, 2.05) is 4.90 Å². The second-order valence-corrected chi connectivity index (χ2v) is 10.2. The van der Waals surface area contributed by atoms with E-state index in [4.69, 9.17) is 25.4 Å². The fourth-order valence-corrected chi connectivity index (χ4v) is 5.38. The number of hydrogen-bond acceptors (Lipinski definition) is 9. The molecule has 0 spiro atoms. The molecule has 12 heteroatoms. The highest BCUT2D eigenvalue weighted by Crippen LogP contribution is 2.37. The Bertz CT molecular complexity index is 795. The molecule has 0 aliphatic carbocycles. The number of amides is 1. The summed E-state index contributed by atoms with van der Waals surface area (Å²) in [6, 6.07) is 0. The van der Waals surface area contributed by atoms with E-state index in [9.17, 15) is 14.4 Å². The van der Waals surface area contributed by atoms with Crippen molar-refractivity contribution in [3.8, 4) is 0 Å². The van der Waals surface area contributed by atoms with E-state index in [0.717, 1.165) is 45.6 Å². The van der Waals surface area contributed by atoms with Crippen molar-refractivity contribution in [1.82, 2.24) is 19.6 Å². The van der Waals surface area contributed by atoms with Gasteiger partial charge in [-0.25, -0.2) is 4.79 Å². The minimum atomic E-state index is -0.851. The third kappa shape index (κ3) is 8.19. The summed E-state index contributed by atoms with van der Waals surface area (Å²) in [5.41, 5.74) is 4.70. The van der Waals surface area contributed by atoms with Crippen LogP contribution in [0.15, 0.2) is 0 Å². The summed E-state index contributed by atoms with van der Waals surface area (Å²) in [7, 11) is 0. The molecule has 1 atom stereocenters. The summed E-state index contributed by atoms with van der Waals surface area (Å²) in [4.78, 5) is 45.5. The number of piperidine rings is 1. The molecule has 0 radical (unpaired) electrons. The molecule has 1 unspecified atom stereocenters. The van der Waals surface area contributed by atoms with Crippen LogP contribution in [0.1, 0.15) is 46.0 Å². The Labute approximate surface area is 219 Å². The van der Waals surface area contributed by atoms with Crippen LogP contribution in [0.5, 0.6) is 0 Å². The number of nitrogens with one attached hydrogen (secondary N) is 1. The van der Waals surface area contributed by atoms with E-state index >= 15 is 0 Å². The van der Waals surface area contributed by atoms with Crippen LogP contribution in [0.4, 0.5) is 4.79 Å². The van der Waals surface area contributed by atoms with Crippen LogP contribution in [-0.2, 0) is 23.8 Å². The van der Waals surface area contributed by atoms with E-state index in [2.05, 4.69) is 9.80 Å². The van der Waals surface area contributed by atoms with E-state index in [1.165, 1.54) is 0 Å². The summed E-state index contributed by atoms with van der Waals surface area (Å²) in [5.74, 6) is -0.564. The molecular weight excluding hydrogens is 480 g/mol. The van der Waals surface area contributed by atoms with Gasteiger partial charge < -0.3 is 29.7 Å². The van der Waals surface area contributed by atoms with Crippen LogP contribution >= 0.6 is 0 Å². The third-order valence-corrected chi connectivity index (χ3v) is 7.59. The minimum Gasteiger partial charge on any atom is -0.466 e. The predicted octanol–water partition coefficient (Wildman–Crippen LogP) is 0.697. The van der Waals surface area contributed by atoms with Gasteiger partial charge in [0.2, 0.25) is 0 Å². The van der Waals surface area contributed by atoms with Gasteiger partial charge in [0, 0.05) is 39.3 Å². The molecule has 3 fully saturated rings. The lowest BCUT2D eigenvalue weighted by Gasteiger charge is -2.39. The zero-order chi connectivity index (χ0) is 26.8. The van der Waals surface area contributed by atoms with Crippen LogP contribution in [0.3, 0.4) is 0 Å². The molecule has 0 bridgehead atoms. The maximum Gasteiger partial charge on any atom is 0.410 e. The zero-order valence-corrected chi connectivity index (χ0v) is 22.4. The van der Waals surface area contributed by atoms with E-state index in [0.29, 0.717) is 45.6 Å². The molecule has 0 saturated carbocycles. The molecule has 3 N–H and O–H groups in total. The molecule has 210 valence electrons. The molecule has 3 aliphatic rings. The van der Waals surface area contributed by atoms with Crippen molar-refractivity contribution in [3.63, 3.8) is 0 Å². The number of nitrogens with zero attached hydrogens (tertiary/aromatic N) is 4. The highest BCUT2D eigenvalue weighted by Gasteiger charge is 2.45. The van der Waals surface area contributed by atoms with E-state index in [1.54, 1.807) is 18.7 Å². The fraction of sp³-hybridized carbons (Fsp3) is 0.840. The van der Waals surface area contributed by atoms with Crippen molar-refractivity contribution in [2.24, 2.45) is 11.1 Å². The SMILES string of the molecule is CCOC(=O)CC1(C(=O)OCC)CCN(CC2CN(CCCCN3CCN(C(=N)N)CC3)C(=O)O2)CC1. The summed E-state index contributed by atoms with van der Waals surface area (Å²) >= 11 is 0. The molecule has 3 heterocycles. The quantitative estimate of drug-likeness (QED) is 0.123. The Morgan fingerprint density at radius 3 is 2.27 bits per heavy atom. The lowest BCUT2D eigenvalue weighted by atomic mass is 9.75. The van der Waals surface area contributed by atoms with Gasteiger partial charge in [-0.3, -0.25) is 24.8 Å². The average molecular weight is 525 g/mol. The largest absolute Gasteiger partial charge is 0.466 e. The fourth-order valence-electron chi connectivity index (χ4n) is 5.38. The van der Waals surface area contributed by atoms with Crippen LogP contribution < -0.4 is 5.73 Å². The highest BCUT2D eigenvalue weighted by molar-refractivity contribution is 5.83. The van der Waals surface area contributed by atoms with E-state index in [-0.39, 0.29) is 49.7 Å². The number of carbonyl (C=O) groups excluding carboxylic acids is 3. The maximum absolute atomic E-state index is 12.7. The Kier molecular flexibility index (Phi) is 10.8. The van der Waals surface area contributed by atoms with Crippen molar-refractivity contribution in [1.29, 1.82) is 5.41 Å². The van der Waals surface area contributed by atoms with Gasteiger partial charge in [-0.15, -0.1) is 0 Å². The number of unbranched alkanes of at least 4 members (excludes halogenated alkanes) is 1. The zero-order valence-electron chi connectivity index (χ0n) is 22.4. The number of esters is 2. The summed E-state index contributed by atoms with van der Waals surface area (Å²) in [6.07, 6.45) is 2.50. The van der Waals surface area contributed by atoms with Gasteiger partial charge in [-0.1, -0.05) is 0 Å². The molecule has 37 heavy (non-hydrogen) atoms. The first-order valence-electron chi connectivity index (χ1n) is 13.6. The standard InChI is InChI=1S/C25H44N6O6/c1-3-35-21(32)17-25(22(33)36-4-2)7-11-29(12-8-25)18-20-19-31(24(34)37-20)10-6-5-9-28-13-15-30(16-14-28)23(26)27/h20H,3-19H2,1-2H3,(H3,26,27). The topological polar surface area (TPSA) is 142 Å². The number of carbonyl (C=O) groups is 3. The first-order chi connectivity index (χ1) is 17.8. The van der Waals surface area contributed by atoms with Gasteiger partial charge in [0.15, 0.2) is 5.96 Å². The van der Waals surface area contributed by atoms with Crippen LogP contribution in [0, 0.1) is 10.8 Å². The monoisotopic (exact) mass is 524 g/mol. The third-order valence-electron chi connectivity index (χ3n) is 7.59. The Morgan fingerprint density at radius 2 is 1.65 bits per heavy atom. The number of nitrogens with two attached hydrogens (primary N) is 1. The van der Waals surface area contributed by atoms with Gasteiger partial charge in [0.1, 0.15) is 6.10 Å². The number of ether oxygens (including phenoxy) is 3. The first-order valence-corrected chi connectivity index (χ1v) is 13.6. The molecule has 0 aromatic carbocycles. The van der Waals surface area contributed by atoms with Crippen molar-refractivity contribution in [2.75, 3.05) is 78.7 Å². The van der Waals surface area contributed by atoms with Gasteiger partial charge >= 0.3 is 18.0 Å². The van der Waals surface area contributed by atoms with Crippen molar-refractivity contribution in [2.45, 2.75) is 52.1 Å². The number of rotatable bonds is 12. The molecule has 0 aromatic heterocycles. The van der Waals surface area contributed by atoms with Crippen LogP contribution in [0.25, 0.3) is 0 Å². The molecule has 3 aliphatic heterocycles. The second kappa shape index (κ2) is 13.8. The molecule has 0 aromatic rings. The lowest BCUT2D eigenvalue weighted by Crippen LogP contribution is -2.50. The van der Waals surface area contributed by atoms with Crippen molar-refractivity contribution >= 4 is 24.0 Å². The van der Waals surface area contributed by atoms with Gasteiger partial charge in [0.05, 0.1) is 31.6 Å². The highest BCUT2D eigenvalue weighted by atomic mass is 16.6. The smallest absolute Gasteiger partial charge is 0.410 e. The minimum absolute atomic E-state index is 0.0338. The van der Waals surface area contributed by atoms with Crippen molar-refractivity contribution in [3.05, 3.63) is 0 Å². The summed E-state index contributed by atoms with van der Waals surface area (Å²) < 4.78 is 16.0. The molecule has 1 amide bonds. The molecule has 3 saturated heterocycles. The molecule has 3 rings (SSSR count). The average Bonchev–Trinajstić information content (AvgIpc) is 3.22. The summed E-state index contributed by atoms with van der Waals surface area (Å²) in [6.45, 7) is 11.5. The number of piperazine rings is 1. The predicted molar refractivity (Wildman–Crippen MR) is 137 cm³/mol. The van der Waals surface area contributed by atoms with Crippen LogP contribution in [-0.4, -0.2) is 128 Å². The normalized spacial score (nSPS) is 22.5. The van der Waals surface area contributed by atoms with Gasteiger partial charge in [-0.2, -0.15) is 0 Å². The number of hydrogen-bond donors (Lipinski definition) is 2. The second-order valence-electron chi connectivity index (χ2n) is 10.2. The van der Waals surface area contributed by atoms with Crippen LogP contribution in [0.2, 0.25) is 0 Å². The molecule has 12 nitrogen and oxygen atoms in total. The van der Waals surface area contributed by atoms with Gasteiger partial charge in [0.25, 0.3) is 0 Å². The lowest BCUT2D eigenvalue weighted by molar-refractivity contribution is -0.165. The number of likely N-dealkylation sites (tertiary alicyclic amines) is 1.